The second-order valence-electron chi connectivity index (χ2n) is 3.67. The minimum atomic E-state index is -0.763. The number of carbonyl (C=O) groups excluding carboxylic acids is 1. The SMILES string of the molecule is O=C(O)CCSCCNC(=O)C1CCC1. The van der Waals surface area contributed by atoms with Gasteiger partial charge in [0.1, 0.15) is 0 Å². The van der Waals surface area contributed by atoms with Crippen molar-refractivity contribution in [2.45, 2.75) is 25.7 Å². The molecule has 0 aliphatic heterocycles. The maximum Gasteiger partial charge on any atom is 0.304 e. The minimum absolute atomic E-state index is 0.167. The predicted molar refractivity (Wildman–Crippen MR) is 59.9 cm³/mol. The van der Waals surface area contributed by atoms with Crippen molar-refractivity contribution < 1.29 is 14.7 Å². The van der Waals surface area contributed by atoms with Gasteiger partial charge in [0.15, 0.2) is 0 Å². The van der Waals surface area contributed by atoms with Crippen molar-refractivity contribution in [2.75, 3.05) is 18.1 Å². The largest absolute Gasteiger partial charge is 0.481 e. The van der Waals surface area contributed by atoms with Crippen LogP contribution in [0.15, 0.2) is 0 Å². The smallest absolute Gasteiger partial charge is 0.304 e. The van der Waals surface area contributed by atoms with E-state index in [1.807, 2.05) is 0 Å². The summed E-state index contributed by atoms with van der Waals surface area (Å²) < 4.78 is 0. The summed E-state index contributed by atoms with van der Waals surface area (Å²) in [5, 5.41) is 11.3. The molecule has 0 aromatic heterocycles. The Morgan fingerprint density at radius 1 is 1.33 bits per heavy atom. The van der Waals surface area contributed by atoms with Crippen LogP contribution in [-0.2, 0) is 9.59 Å². The molecule has 1 fully saturated rings. The van der Waals surface area contributed by atoms with E-state index in [2.05, 4.69) is 5.32 Å². The molecule has 1 amide bonds. The van der Waals surface area contributed by atoms with Crippen LogP contribution in [0.1, 0.15) is 25.7 Å². The summed E-state index contributed by atoms with van der Waals surface area (Å²) in [6, 6.07) is 0. The molecule has 0 saturated heterocycles. The summed E-state index contributed by atoms with van der Waals surface area (Å²) >= 11 is 1.57. The van der Waals surface area contributed by atoms with Crippen molar-refractivity contribution in [3.8, 4) is 0 Å². The molecule has 0 bridgehead atoms. The van der Waals surface area contributed by atoms with Crippen LogP contribution >= 0.6 is 11.8 Å². The number of nitrogens with one attached hydrogen (secondary N) is 1. The zero-order chi connectivity index (χ0) is 11.1. The molecule has 0 aromatic carbocycles. The Hall–Kier alpha value is -0.710. The second-order valence-corrected chi connectivity index (χ2v) is 4.90. The third-order valence-electron chi connectivity index (χ3n) is 2.48. The normalized spacial score (nSPS) is 15.7. The first-order valence-corrected chi connectivity index (χ1v) is 6.43. The summed E-state index contributed by atoms with van der Waals surface area (Å²) in [6.07, 6.45) is 3.42. The lowest BCUT2D eigenvalue weighted by Gasteiger charge is -2.23. The van der Waals surface area contributed by atoms with Crippen molar-refractivity contribution in [1.29, 1.82) is 0 Å². The van der Waals surface area contributed by atoms with Crippen LogP contribution < -0.4 is 5.32 Å². The fourth-order valence-corrected chi connectivity index (χ4v) is 2.09. The quantitative estimate of drug-likeness (QED) is 0.644. The first-order valence-electron chi connectivity index (χ1n) is 5.27. The number of hydrogen-bond acceptors (Lipinski definition) is 3. The molecule has 86 valence electrons. The minimum Gasteiger partial charge on any atom is -0.481 e. The highest BCUT2D eigenvalue weighted by molar-refractivity contribution is 7.99. The molecular weight excluding hydrogens is 214 g/mol. The van der Waals surface area contributed by atoms with Crippen molar-refractivity contribution in [3.05, 3.63) is 0 Å². The Bertz CT molecular complexity index is 229. The van der Waals surface area contributed by atoms with Gasteiger partial charge in [0, 0.05) is 24.0 Å². The zero-order valence-electron chi connectivity index (χ0n) is 8.70. The van der Waals surface area contributed by atoms with Crippen molar-refractivity contribution in [1.82, 2.24) is 5.32 Å². The molecule has 15 heavy (non-hydrogen) atoms. The third kappa shape index (κ3) is 5.06. The number of thioether (sulfide) groups is 1. The zero-order valence-corrected chi connectivity index (χ0v) is 9.52. The van der Waals surface area contributed by atoms with E-state index in [9.17, 15) is 9.59 Å². The Labute approximate surface area is 93.8 Å². The highest BCUT2D eigenvalue weighted by Gasteiger charge is 2.24. The fraction of sp³-hybridized carbons (Fsp3) is 0.800. The third-order valence-corrected chi connectivity index (χ3v) is 3.47. The van der Waals surface area contributed by atoms with E-state index in [0.29, 0.717) is 12.3 Å². The summed E-state index contributed by atoms with van der Waals surface area (Å²) in [5.41, 5.74) is 0. The molecule has 4 nitrogen and oxygen atoms in total. The number of carboxylic acids is 1. The molecule has 0 radical (unpaired) electrons. The van der Waals surface area contributed by atoms with Crippen LogP contribution in [0.25, 0.3) is 0 Å². The van der Waals surface area contributed by atoms with Crippen LogP contribution in [0, 0.1) is 5.92 Å². The maximum atomic E-state index is 11.4. The lowest BCUT2D eigenvalue weighted by molar-refractivity contribution is -0.136. The average Bonchev–Trinajstić information content (AvgIpc) is 2.07. The van der Waals surface area contributed by atoms with Gasteiger partial charge in [0.2, 0.25) is 5.91 Å². The van der Waals surface area contributed by atoms with E-state index in [1.165, 1.54) is 6.42 Å². The van der Waals surface area contributed by atoms with Crippen LogP contribution in [0.5, 0.6) is 0 Å². The Morgan fingerprint density at radius 2 is 2.07 bits per heavy atom. The van der Waals surface area contributed by atoms with Crippen molar-refractivity contribution in [3.63, 3.8) is 0 Å². The van der Waals surface area contributed by atoms with Gasteiger partial charge in [-0.15, -0.1) is 0 Å². The van der Waals surface area contributed by atoms with Crippen molar-refractivity contribution >= 4 is 23.6 Å². The maximum absolute atomic E-state index is 11.4. The van der Waals surface area contributed by atoms with E-state index in [1.54, 1.807) is 11.8 Å². The second kappa shape index (κ2) is 6.71. The van der Waals surface area contributed by atoms with Crippen molar-refractivity contribution in [2.24, 2.45) is 5.92 Å². The molecule has 1 rings (SSSR count). The summed E-state index contributed by atoms with van der Waals surface area (Å²) in [5.74, 6) is 1.07. The van der Waals surface area contributed by atoms with Gasteiger partial charge in [-0.1, -0.05) is 6.42 Å². The number of rotatable bonds is 7. The standard InChI is InChI=1S/C10H17NO3S/c12-9(13)4-6-15-7-5-11-10(14)8-2-1-3-8/h8H,1-7H2,(H,11,14)(H,12,13). The number of hydrogen-bond donors (Lipinski definition) is 2. The summed E-state index contributed by atoms with van der Waals surface area (Å²) in [7, 11) is 0. The Balaban J connectivity index is 1.88. The Kier molecular flexibility index (Phi) is 5.53. The van der Waals surface area contributed by atoms with Crippen LogP contribution in [0.4, 0.5) is 0 Å². The average molecular weight is 231 g/mol. The van der Waals surface area contributed by atoms with Crippen LogP contribution in [-0.4, -0.2) is 35.0 Å². The van der Waals surface area contributed by atoms with Gasteiger partial charge in [0.25, 0.3) is 0 Å². The van der Waals surface area contributed by atoms with Gasteiger partial charge < -0.3 is 10.4 Å². The number of carbonyl (C=O) groups is 2. The van der Waals surface area contributed by atoms with Crippen LogP contribution in [0.3, 0.4) is 0 Å². The highest BCUT2D eigenvalue weighted by Crippen LogP contribution is 2.25. The van der Waals surface area contributed by atoms with E-state index in [-0.39, 0.29) is 18.2 Å². The molecule has 1 aliphatic carbocycles. The highest BCUT2D eigenvalue weighted by atomic mass is 32.2. The van der Waals surface area contributed by atoms with Gasteiger partial charge in [-0.25, -0.2) is 0 Å². The molecule has 2 N–H and O–H groups in total. The molecular formula is C10H17NO3S. The van der Waals surface area contributed by atoms with Gasteiger partial charge in [0.05, 0.1) is 6.42 Å². The van der Waals surface area contributed by atoms with E-state index >= 15 is 0 Å². The molecule has 1 saturated carbocycles. The molecule has 1 aliphatic rings. The number of carboxylic acid groups (broad SMARTS) is 1. The summed E-state index contributed by atoms with van der Waals surface area (Å²) in [6.45, 7) is 0.652. The Morgan fingerprint density at radius 3 is 2.60 bits per heavy atom. The van der Waals surface area contributed by atoms with Gasteiger partial charge >= 0.3 is 5.97 Å². The topological polar surface area (TPSA) is 66.4 Å². The molecule has 5 heteroatoms. The van der Waals surface area contributed by atoms with Gasteiger partial charge in [-0.05, 0) is 12.8 Å². The molecule has 0 atom stereocenters. The summed E-state index contributed by atoms with van der Waals surface area (Å²) in [4.78, 5) is 21.5. The van der Waals surface area contributed by atoms with Gasteiger partial charge in [-0.2, -0.15) is 11.8 Å². The van der Waals surface area contributed by atoms with E-state index in [0.717, 1.165) is 18.6 Å². The first-order chi connectivity index (χ1) is 7.20. The van der Waals surface area contributed by atoms with E-state index < -0.39 is 5.97 Å². The first kappa shape index (κ1) is 12.4. The van der Waals surface area contributed by atoms with Gasteiger partial charge in [-0.3, -0.25) is 9.59 Å². The monoisotopic (exact) mass is 231 g/mol. The molecule has 0 heterocycles. The molecule has 0 spiro atoms. The lowest BCUT2D eigenvalue weighted by Crippen LogP contribution is -2.35. The predicted octanol–water partition coefficient (Wildman–Crippen LogP) is 1.11. The van der Waals surface area contributed by atoms with E-state index in [4.69, 9.17) is 5.11 Å². The van der Waals surface area contributed by atoms with Crippen LogP contribution in [0.2, 0.25) is 0 Å². The fourth-order valence-electron chi connectivity index (χ4n) is 1.32. The lowest BCUT2D eigenvalue weighted by atomic mass is 9.85. The number of amides is 1. The molecule has 0 unspecified atom stereocenters. The number of aliphatic carboxylic acids is 1. The molecule has 0 aromatic rings.